The molecule has 2 aliphatic rings. The van der Waals surface area contributed by atoms with Gasteiger partial charge in [0.05, 0.1) is 11.8 Å². The highest BCUT2D eigenvalue weighted by molar-refractivity contribution is 7.99. The quantitative estimate of drug-likeness (QED) is 0.838. The van der Waals surface area contributed by atoms with Gasteiger partial charge in [0.2, 0.25) is 0 Å². The van der Waals surface area contributed by atoms with Gasteiger partial charge < -0.3 is 10.1 Å². The minimum absolute atomic E-state index is 0.188. The molecular weight excluding hydrogens is 272 g/mol. The van der Waals surface area contributed by atoms with E-state index in [0.717, 1.165) is 32.5 Å². The second-order valence-corrected chi connectivity index (χ2v) is 7.03. The van der Waals surface area contributed by atoms with Crippen LogP contribution in [0, 0.1) is 0 Å². The summed E-state index contributed by atoms with van der Waals surface area (Å²) in [5.41, 5.74) is 0.188. The van der Waals surface area contributed by atoms with Crippen molar-refractivity contribution in [3.8, 4) is 0 Å². The topological polar surface area (TPSA) is 52.0 Å². The van der Waals surface area contributed by atoms with Gasteiger partial charge in [0.15, 0.2) is 0 Å². The zero-order valence-electron chi connectivity index (χ0n) is 12.0. The standard InChI is InChI=1S/C14H24N4OS/c1(7-18-8-6-16-17-18)5-15-13-2-9-19-14(12-13)3-10-20-11-4-14/h6,8,13,15H,1-5,7,9-12H2. The third-order valence-corrected chi connectivity index (χ3v) is 5.35. The Balaban J connectivity index is 1.39. The molecule has 5 nitrogen and oxygen atoms in total. The Morgan fingerprint density at radius 1 is 1.40 bits per heavy atom. The van der Waals surface area contributed by atoms with Crippen molar-refractivity contribution >= 4 is 11.8 Å². The Kier molecular flexibility index (Phi) is 4.96. The molecule has 0 aliphatic carbocycles. The van der Waals surface area contributed by atoms with Crippen molar-refractivity contribution in [2.45, 2.75) is 50.3 Å². The lowest BCUT2D eigenvalue weighted by Crippen LogP contribution is -2.49. The van der Waals surface area contributed by atoms with E-state index in [1.807, 2.05) is 10.9 Å². The van der Waals surface area contributed by atoms with Crippen LogP contribution in [0.5, 0.6) is 0 Å². The van der Waals surface area contributed by atoms with Crippen LogP contribution < -0.4 is 5.32 Å². The molecule has 6 heteroatoms. The predicted octanol–water partition coefficient (Wildman–Crippen LogP) is 1.70. The van der Waals surface area contributed by atoms with E-state index in [9.17, 15) is 0 Å². The first-order chi connectivity index (χ1) is 9.86. The molecule has 1 aromatic rings. The lowest BCUT2D eigenvalue weighted by atomic mass is 9.85. The van der Waals surface area contributed by atoms with Crippen molar-refractivity contribution in [2.24, 2.45) is 0 Å². The monoisotopic (exact) mass is 296 g/mol. The average molecular weight is 296 g/mol. The minimum atomic E-state index is 0.188. The molecule has 0 saturated carbocycles. The van der Waals surface area contributed by atoms with E-state index in [4.69, 9.17) is 4.74 Å². The van der Waals surface area contributed by atoms with Crippen LogP contribution >= 0.6 is 11.8 Å². The molecule has 1 aromatic heterocycles. The fourth-order valence-electron chi connectivity index (χ4n) is 3.19. The summed E-state index contributed by atoms with van der Waals surface area (Å²) in [6.07, 6.45) is 9.56. The molecule has 3 heterocycles. The number of aromatic nitrogens is 3. The Hall–Kier alpha value is -0.590. The Morgan fingerprint density at radius 3 is 3.10 bits per heavy atom. The van der Waals surface area contributed by atoms with Crippen molar-refractivity contribution in [3.05, 3.63) is 12.4 Å². The molecule has 1 N–H and O–H groups in total. The highest BCUT2D eigenvalue weighted by Gasteiger charge is 2.38. The number of nitrogens with zero attached hydrogens (tertiary/aromatic N) is 3. The molecule has 1 atom stereocenters. The maximum absolute atomic E-state index is 6.13. The van der Waals surface area contributed by atoms with Crippen LogP contribution in [0.3, 0.4) is 0 Å². The third kappa shape index (κ3) is 3.74. The number of rotatable bonds is 5. The number of ether oxygens (including phenoxy) is 1. The number of hydrogen-bond acceptors (Lipinski definition) is 5. The molecule has 0 bridgehead atoms. The van der Waals surface area contributed by atoms with Crippen molar-refractivity contribution in [2.75, 3.05) is 24.7 Å². The Labute approximate surface area is 124 Å². The lowest BCUT2D eigenvalue weighted by molar-refractivity contribution is -0.0931. The van der Waals surface area contributed by atoms with E-state index >= 15 is 0 Å². The highest BCUT2D eigenvalue weighted by Crippen LogP contribution is 2.37. The van der Waals surface area contributed by atoms with Crippen LogP contribution in [0.1, 0.15) is 32.1 Å². The van der Waals surface area contributed by atoms with Gasteiger partial charge in [-0.2, -0.15) is 11.8 Å². The van der Waals surface area contributed by atoms with Crippen molar-refractivity contribution in [1.82, 2.24) is 20.3 Å². The van der Waals surface area contributed by atoms with Crippen LogP contribution in [0.25, 0.3) is 0 Å². The average Bonchev–Trinajstić information content (AvgIpc) is 2.98. The van der Waals surface area contributed by atoms with Gasteiger partial charge in [-0.1, -0.05) is 5.21 Å². The van der Waals surface area contributed by atoms with Crippen LogP contribution in [0.4, 0.5) is 0 Å². The number of hydrogen-bond donors (Lipinski definition) is 1. The molecule has 2 saturated heterocycles. The van der Waals surface area contributed by atoms with Gasteiger partial charge in [-0.3, -0.25) is 4.68 Å². The second-order valence-electron chi connectivity index (χ2n) is 5.81. The van der Waals surface area contributed by atoms with E-state index in [2.05, 4.69) is 27.4 Å². The zero-order chi connectivity index (χ0) is 13.7. The maximum Gasteiger partial charge on any atom is 0.0713 e. The third-order valence-electron chi connectivity index (χ3n) is 4.37. The number of aryl methyl sites for hydroxylation is 1. The first-order valence-electron chi connectivity index (χ1n) is 7.66. The predicted molar refractivity (Wildman–Crippen MR) is 80.9 cm³/mol. The summed E-state index contributed by atoms with van der Waals surface area (Å²) in [5, 5.41) is 11.5. The van der Waals surface area contributed by atoms with Crippen LogP contribution in [0.15, 0.2) is 12.4 Å². The molecule has 20 heavy (non-hydrogen) atoms. The van der Waals surface area contributed by atoms with Crippen molar-refractivity contribution in [1.29, 1.82) is 0 Å². The molecule has 2 aliphatic heterocycles. The second kappa shape index (κ2) is 6.91. The van der Waals surface area contributed by atoms with E-state index in [-0.39, 0.29) is 5.60 Å². The van der Waals surface area contributed by atoms with Crippen molar-refractivity contribution < 1.29 is 4.74 Å². The molecule has 112 valence electrons. The van der Waals surface area contributed by atoms with Gasteiger partial charge in [-0.25, -0.2) is 0 Å². The summed E-state index contributed by atoms with van der Waals surface area (Å²) in [6, 6.07) is 0.627. The van der Waals surface area contributed by atoms with Crippen LogP contribution in [-0.4, -0.2) is 51.3 Å². The summed E-state index contributed by atoms with van der Waals surface area (Å²) in [6.45, 7) is 2.92. The summed E-state index contributed by atoms with van der Waals surface area (Å²) < 4.78 is 8.02. The summed E-state index contributed by atoms with van der Waals surface area (Å²) in [4.78, 5) is 0. The van der Waals surface area contributed by atoms with E-state index < -0.39 is 0 Å². The molecule has 1 unspecified atom stereocenters. The van der Waals surface area contributed by atoms with Crippen LogP contribution in [0.2, 0.25) is 0 Å². The highest BCUT2D eigenvalue weighted by atomic mass is 32.2. The smallest absolute Gasteiger partial charge is 0.0713 e. The molecule has 0 aromatic carbocycles. The van der Waals surface area contributed by atoms with Gasteiger partial charge in [-0.05, 0) is 50.2 Å². The first kappa shape index (κ1) is 14.4. The summed E-state index contributed by atoms with van der Waals surface area (Å²) in [7, 11) is 0. The molecule has 3 rings (SSSR count). The van der Waals surface area contributed by atoms with Gasteiger partial charge in [-0.15, -0.1) is 5.10 Å². The molecule has 0 amide bonds. The molecular formula is C14H24N4OS. The normalized spacial score (nSPS) is 25.9. The Bertz CT molecular complexity index is 386. The zero-order valence-corrected chi connectivity index (χ0v) is 12.8. The van der Waals surface area contributed by atoms with Gasteiger partial charge in [0, 0.05) is 25.4 Å². The van der Waals surface area contributed by atoms with E-state index in [0.29, 0.717) is 6.04 Å². The Morgan fingerprint density at radius 2 is 2.30 bits per heavy atom. The molecule has 1 spiro atoms. The summed E-state index contributed by atoms with van der Waals surface area (Å²) >= 11 is 2.07. The fourth-order valence-corrected chi connectivity index (χ4v) is 4.43. The lowest BCUT2D eigenvalue weighted by Gasteiger charge is -2.43. The molecule has 0 radical (unpaired) electrons. The fraction of sp³-hybridized carbons (Fsp3) is 0.857. The molecule has 2 fully saturated rings. The van der Waals surface area contributed by atoms with Gasteiger partial charge in [0.1, 0.15) is 0 Å². The summed E-state index contributed by atoms with van der Waals surface area (Å²) in [5.74, 6) is 2.53. The maximum atomic E-state index is 6.13. The SMILES string of the molecule is c1cn(CCCNC2CCOC3(CCSCC3)C2)nn1. The largest absolute Gasteiger partial charge is 0.375 e. The number of nitrogens with one attached hydrogen (secondary N) is 1. The van der Waals surface area contributed by atoms with Crippen molar-refractivity contribution in [3.63, 3.8) is 0 Å². The van der Waals surface area contributed by atoms with Crippen LogP contribution in [-0.2, 0) is 11.3 Å². The number of thioether (sulfide) groups is 1. The first-order valence-corrected chi connectivity index (χ1v) is 8.81. The van der Waals surface area contributed by atoms with E-state index in [1.54, 1.807) is 6.20 Å². The van der Waals surface area contributed by atoms with Gasteiger partial charge >= 0.3 is 0 Å². The minimum Gasteiger partial charge on any atom is -0.375 e. The van der Waals surface area contributed by atoms with Gasteiger partial charge in [0.25, 0.3) is 0 Å². The van der Waals surface area contributed by atoms with E-state index in [1.165, 1.54) is 30.8 Å².